The highest BCUT2D eigenvalue weighted by molar-refractivity contribution is 14.0. The quantitative estimate of drug-likeness (QED) is 0.684. The maximum Gasteiger partial charge on any atom is 0.0313 e. The number of nitrogens with two attached hydrogens (primary N) is 1. The lowest BCUT2D eigenvalue weighted by molar-refractivity contribution is 0.321. The third-order valence-electron chi connectivity index (χ3n) is 2.14. The molecule has 0 fully saturated rings. The summed E-state index contributed by atoms with van der Waals surface area (Å²) in [6, 6.07) is 9.49. The molecular weight excluding hydrogens is 299 g/mol. The Kier molecular flexibility index (Phi) is 13.4. The van der Waals surface area contributed by atoms with Crippen molar-refractivity contribution >= 4 is 29.7 Å². The first-order valence-electron chi connectivity index (χ1n) is 5.27. The van der Waals surface area contributed by atoms with E-state index in [9.17, 15) is 0 Å². The van der Waals surface area contributed by atoms with Gasteiger partial charge in [-0.05, 0) is 31.8 Å². The summed E-state index contributed by atoms with van der Waals surface area (Å²) in [6.07, 6.45) is 0. The zero-order valence-corrected chi connectivity index (χ0v) is 12.3. The normalized spacial score (nSPS) is 8.80. The highest BCUT2D eigenvalue weighted by atomic mass is 127. The molecule has 0 saturated heterocycles. The van der Waals surface area contributed by atoms with Gasteiger partial charge in [-0.2, -0.15) is 0 Å². The van der Waals surface area contributed by atoms with Gasteiger partial charge in [0.2, 0.25) is 0 Å². The summed E-state index contributed by atoms with van der Waals surface area (Å²) in [7, 11) is 0. The fourth-order valence-corrected chi connectivity index (χ4v) is 1.12. The van der Waals surface area contributed by atoms with Gasteiger partial charge in [0.25, 0.3) is 0 Å². The third-order valence-corrected chi connectivity index (χ3v) is 2.14. The molecule has 3 heteroatoms. The molecule has 0 aliphatic rings. The highest BCUT2D eigenvalue weighted by Crippen LogP contribution is 1.95. The average molecular weight is 322 g/mol. The molecule has 0 amide bonds. The van der Waals surface area contributed by atoms with Gasteiger partial charge in [0, 0.05) is 5.69 Å². The second-order valence-electron chi connectivity index (χ2n) is 3.03. The minimum Gasteiger partial charge on any atom is -0.399 e. The van der Waals surface area contributed by atoms with E-state index in [1.807, 2.05) is 30.3 Å². The Bertz CT molecular complexity index is 205. The van der Waals surface area contributed by atoms with Crippen molar-refractivity contribution in [2.24, 2.45) is 0 Å². The minimum atomic E-state index is 0. The minimum absolute atomic E-state index is 0. The largest absolute Gasteiger partial charge is 0.399 e. The molecule has 88 valence electrons. The topological polar surface area (TPSA) is 29.3 Å². The van der Waals surface area contributed by atoms with Crippen molar-refractivity contribution in [3.05, 3.63) is 30.3 Å². The summed E-state index contributed by atoms with van der Waals surface area (Å²) in [5, 5.41) is 0. The molecule has 1 rings (SSSR count). The molecule has 15 heavy (non-hydrogen) atoms. The zero-order chi connectivity index (χ0) is 10.8. The molecule has 0 unspecified atom stereocenters. The standard InChI is InChI=1S/C6H7N.C6H15N.HI/c7-6-4-2-1-3-5-6;1-4-7(5-2)6-3;/h1-5H,7H2;4-6H2,1-3H3;1H. The van der Waals surface area contributed by atoms with Crippen LogP contribution in [0.2, 0.25) is 0 Å². The van der Waals surface area contributed by atoms with Gasteiger partial charge < -0.3 is 10.6 Å². The molecule has 2 N–H and O–H groups in total. The van der Waals surface area contributed by atoms with Crippen molar-refractivity contribution < 1.29 is 0 Å². The van der Waals surface area contributed by atoms with Gasteiger partial charge in [-0.1, -0.05) is 39.0 Å². The second-order valence-corrected chi connectivity index (χ2v) is 3.03. The smallest absolute Gasteiger partial charge is 0.0313 e. The van der Waals surface area contributed by atoms with E-state index in [-0.39, 0.29) is 24.0 Å². The number of anilines is 1. The lowest BCUT2D eigenvalue weighted by Crippen LogP contribution is -2.21. The molecule has 0 saturated carbocycles. The number of nitrogens with zero attached hydrogens (tertiary/aromatic N) is 1. The van der Waals surface area contributed by atoms with E-state index >= 15 is 0 Å². The zero-order valence-electron chi connectivity index (χ0n) is 9.94. The highest BCUT2D eigenvalue weighted by Gasteiger charge is 1.89. The number of nitrogen functional groups attached to an aromatic ring is 1. The maximum atomic E-state index is 5.36. The first kappa shape index (κ1) is 17.1. The van der Waals surface area contributed by atoms with Crippen LogP contribution in [0, 0.1) is 0 Å². The predicted molar refractivity (Wildman–Crippen MR) is 79.7 cm³/mol. The van der Waals surface area contributed by atoms with Gasteiger partial charge in [0.05, 0.1) is 0 Å². The first-order valence-corrected chi connectivity index (χ1v) is 5.27. The monoisotopic (exact) mass is 322 g/mol. The van der Waals surface area contributed by atoms with Gasteiger partial charge in [-0.3, -0.25) is 0 Å². The van der Waals surface area contributed by atoms with Crippen LogP contribution in [-0.2, 0) is 0 Å². The number of benzene rings is 1. The van der Waals surface area contributed by atoms with Crippen molar-refractivity contribution in [3.63, 3.8) is 0 Å². The van der Waals surface area contributed by atoms with E-state index in [2.05, 4.69) is 25.7 Å². The Hall–Kier alpha value is -0.290. The van der Waals surface area contributed by atoms with E-state index in [1.54, 1.807) is 0 Å². The molecule has 0 atom stereocenters. The van der Waals surface area contributed by atoms with Crippen molar-refractivity contribution in [2.75, 3.05) is 25.4 Å². The van der Waals surface area contributed by atoms with Crippen LogP contribution in [0.3, 0.4) is 0 Å². The molecule has 0 radical (unpaired) electrons. The summed E-state index contributed by atoms with van der Waals surface area (Å²) in [5.74, 6) is 0. The first-order chi connectivity index (χ1) is 6.74. The Balaban J connectivity index is 0. The SMILES string of the molecule is CCN(CC)CC.I.Nc1ccccc1. The van der Waals surface area contributed by atoms with Gasteiger partial charge >= 0.3 is 0 Å². The Labute approximate surface area is 111 Å². The maximum absolute atomic E-state index is 5.36. The fraction of sp³-hybridized carbons (Fsp3) is 0.500. The second kappa shape index (κ2) is 11.8. The molecule has 0 spiro atoms. The van der Waals surface area contributed by atoms with Crippen molar-refractivity contribution in [2.45, 2.75) is 20.8 Å². The van der Waals surface area contributed by atoms with Gasteiger partial charge in [-0.15, -0.1) is 24.0 Å². The van der Waals surface area contributed by atoms with Crippen LogP contribution < -0.4 is 5.73 Å². The van der Waals surface area contributed by atoms with E-state index in [1.165, 1.54) is 19.6 Å². The predicted octanol–water partition coefficient (Wildman–Crippen LogP) is 3.23. The van der Waals surface area contributed by atoms with E-state index in [0.717, 1.165) is 5.69 Å². The van der Waals surface area contributed by atoms with Gasteiger partial charge in [0.1, 0.15) is 0 Å². The molecule has 0 bridgehead atoms. The Morgan fingerprint density at radius 2 is 1.33 bits per heavy atom. The van der Waals surface area contributed by atoms with E-state index in [4.69, 9.17) is 5.73 Å². The van der Waals surface area contributed by atoms with Gasteiger partial charge in [-0.25, -0.2) is 0 Å². The number of halogens is 1. The summed E-state index contributed by atoms with van der Waals surface area (Å²) in [5.41, 5.74) is 6.18. The number of para-hydroxylation sites is 1. The van der Waals surface area contributed by atoms with Crippen molar-refractivity contribution in [3.8, 4) is 0 Å². The summed E-state index contributed by atoms with van der Waals surface area (Å²) < 4.78 is 0. The van der Waals surface area contributed by atoms with Crippen LogP contribution >= 0.6 is 24.0 Å². The molecule has 0 aromatic heterocycles. The molecule has 1 aromatic carbocycles. The van der Waals surface area contributed by atoms with Crippen molar-refractivity contribution in [1.82, 2.24) is 4.90 Å². The molecule has 2 nitrogen and oxygen atoms in total. The Morgan fingerprint density at radius 3 is 1.47 bits per heavy atom. The number of hydrogen-bond donors (Lipinski definition) is 1. The molecule has 1 aromatic rings. The lowest BCUT2D eigenvalue weighted by atomic mass is 10.3. The van der Waals surface area contributed by atoms with Gasteiger partial charge in [0.15, 0.2) is 0 Å². The van der Waals surface area contributed by atoms with Crippen LogP contribution in [-0.4, -0.2) is 24.5 Å². The van der Waals surface area contributed by atoms with E-state index < -0.39 is 0 Å². The van der Waals surface area contributed by atoms with Crippen LogP contribution in [0.1, 0.15) is 20.8 Å². The molecule has 0 aliphatic carbocycles. The number of rotatable bonds is 3. The van der Waals surface area contributed by atoms with Crippen LogP contribution in [0.5, 0.6) is 0 Å². The third kappa shape index (κ3) is 10.0. The van der Waals surface area contributed by atoms with Crippen LogP contribution in [0.4, 0.5) is 5.69 Å². The molecular formula is C12H23IN2. The summed E-state index contributed by atoms with van der Waals surface area (Å²) >= 11 is 0. The summed E-state index contributed by atoms with van der Waals surface area (Å²) in [4.78, 5) is 2.38. The molecule has 0 heterocycles. The average Bonchev–Trinajstić information content (AvgIpc) is 2.22. The van der Waals surface area contributed by atoms with Crippen LogP contribution in [0.25, 0.3) is 0 Å². The van der Waals surface area contributed by atoms with Crippen LogP contribution in [0.15, 0.2) is 30.3 Å². The summed E-state index contributed by atoms with van der Waals surface area (Å²) in [6.45, 7) is 10.1. The fourth-order valence-electron chi connectivity index (χ4n) is 1.12. The van der Waals surface area contributed by atoms with E-state index in [0.29, 0.717) is 0 Å². The molecule has 0 aliphatic heterocycles. The lowest BCUT2D eigenvalue weighted by Gasteiger charge is -2.13. The number of hydrogen-bond acceptors (Lipinski definition) is 2. The Morgan fingerprint density at radius 1 is 0.933 bits per heavy atom. The van der Waals surface area contributed by atoms with Crippen molar-refractivity contribution in [1.29, 1.82) is 0 Å².